The molecule has 19 nitrogen and oxygen atoms in total. The fourth-order valence-corrected chi connectivity index (χ4v) is 14.5. The number of ether oxygens (including phenoxy) is 6. The fraction of sp³-hybridized carbons (Fsp3) is 0.831. The lowest BCUT2D eigenvalue weighted by atomic mass is 9.96. The first-order valence-corrected chi connectivity index (χ1v) is 43.8. The Labute approximate surface area is 654 Å². The monoisotopic (exact) mass is 1530 g/mol. The molecule has 19 heteroatoms. The Balaban J connectivity index is 1.34. The number of hydrogen-bond acceptors (Lipinski definition) is 18. The van der Waals surface area contributed by atoms with Gasteiger partial charge in [0.15, 0.2) is 18.9 Å². The number of rotatable bonds is 70. The highest BCUT2D eigenvalue weighted by Gasteiger charge is 2.54. The second kappa shape index (κ2) is 68.4. The molecular weight excluding hydrogens is 1370 g/mol. The summed E-state index contributed by atoms with van der Waals surface area (Å²) in [7, 11) is 0. The normalized spacial score (nSPS) is 25.8. The van der Waals surface area contributed by atoms with Crippen LogP contribution in [0.2, 0.25) is 0 Å². The molecule has 0 saturated carbocycles. The number of carbonyl (C=O) groups is 1. The molecule has 0 aromatic rings. The maximum absolute atomic E-state index is 13.5. The van der Waals surface area contributed by atoms with E-state index in [1.165, 1.54) is 212 Å². The lowest BCUT2D eigenvalue weighted by molar-refractivity contribution is -0.379. The molecule has 0 spiro atoms. The quantitative estimate of drug-likeness (QED) is 0.0199. The van der Waals surface area contributed by atoms with Gasteiger partial charge in [0.05, 0.1) is 38.6 Å². The summed E-state index contributed by atoms with van der Waals surface area (Å²) in [5, 5.41) is 121. The van der Waals surface area contributed by atoms with Gasteiger partial charge in [-0.3, -0.25) is 4.79 Å². The first-order chi connectivity index (χ1) is 52.8. The summed E-state index contributed by atoms with van der Waals surface area (Å²) in [5.74, 6) is -0.245. The van der Waals surface area contributed by atoms with Gasteiger partial charge in [-0.1, -0.05) is 349 Å². The van der Waals surface area contributed by atoms with Crippen molar-refractivity contribution in [2.75, 3.05) is 26.4 Å². The first-order valence-electron chi connectivity index (χ1n) is 43.8. The molecule has 3 saturated heterocycles. The fourth-order valence-electron chi connectivity index (χ4n) is 14.5. The lowest BCUT2D eigenvalue weighted by Gasteiger charge is -2.48. The van der Waals surface area contributed by atoms with Crippen LogP contribution in [0.4, 0.5) is 0 Å². The molecule has 628 valence electrons. The molecule has 0 aromatic heterocycles. The molecule has 0 aromatic carbocycles. The minimum Gasteiger partial charge on any atom is -0.394 e. The van der Waals surface area contributed by atoms with E-state index in [9.17, 15) is 61.0 Å². The van der Waals surface area contributed by atoms with Crippen LogP contribution in [0.15, 0.2) is 85.1 Å². The van der Waals surface area contributed by atoms with E-state index in [0.29, 0.717) is 12.8 Å². The Hall–Kier alpha value is -3.03. The Morgan fingerprint density at radius 3 is 1.00 bits per heavy atom. The van der Waals surface area contributed by atoms with Gasteiger partial charge in [-0.15, -0.1) is 0 Å². The zero-order valence-electron chi connectivity index (χ0n) is 67.6. The summed E-state index contributed by atoms with van der Waals surface area (Å²) in [6.07, 6.45) is 65.3. The van der Waals surface area contributed by atoms with Crippen molar-refractivity contribution in [2.45, 2.75) is 446 Å². The minimum atomic E-state index is -1.98. The van der Waals surface area contributed by atoms with Crippen LogP contribution in [0.1, 0.15) is 341 Å². The van der Waals surface area contributed by atoms with E-state index in [1.54, 1.807) is 0 Å². The number of nitrogens with one attached hydrogen (secondary N) is 1. The number of hydrogen-bond donors (Lipinski definition) is 12. The van der Waals surface area contributed by atoms with Crippen LogP contribution in [0.3, 0.4) is 0 Å². The van der Waals surface area contributed by atoms with Crippen molar-refractivity contribution in [3.8, 4) is 0 Å². The highest BCUT2D eigenvalue weighted by molar-refractivity contribution is 5.76. The maximum Gasteiger partial charge on any atom is 0.220 e. The first kappa shape index (κ1) is 99.2. The van der Waals surface area contributed by atoms with Crippen LogP contribution in [0.25, 0.3) is 0 Å². The van der Waals surface area contributed by atoms with Crippen LogP contribution >= 0.6 is 0 Å². The third-order valence-electron chi connectivity index (χ3n) is 21.5. The van der Waals surface area contributed by atoms with E-state index >= 15 is 0 Å². The Morgan fingerprint density at radius 2 is 0.639 bits per heavy atom. The van der Waals surface area contributed by atoms with Gasteiger partial charge in [-0.05, 0) is 70.6 Å². The van der Waals surface area contributed by atoms with Crippen LogP contribution in [-0.2, 0) is 33.2 Å². The van der Waals surface area contributed by atoms with Crippen LogP contribution in [-0.4, -0.2) is 193 Å². The predicted octanol–water partition coefficient (Wildman–Crippen LogP) is 16.1. The number of aliphatic hydroxyl groups is 11. The molecule has 17 unspecified atom stereocenters. The molecule has 3 fully saturated rings. The zero-order chi connectivity index (χ0) is 78.1. The van der Waals surface area contributed by atoms with E-state index in [0.717, 1.165) is 96.3 Å². The van der Waals surface area contributed by atoms with Crippen LogP contribution in [0, 0.1) is 0 Å². The molecule has 3 heterocycles. The van der Waals surface area contributed by atoms with Crippen LogP contribution in [0.5, 0.6) is 0 Å². The van der Waals surface area contributed by atoms with Gasteiger partial charge < -0.3 is 89.9 Å². The number of unbranched alkanes of at least 4 members (excludes halogenated alkanes) is 40. The summed E-state index contributed by atoms with van der Waals surface area (Å²) in [5.41, 5.74) is 0. The second-order valence-electron chi connectivity index (χ2n) is 31.0. The highest BCUT2D eigenvalue weighted by Crippen LogP contribution is 2.33. The molecule has 3 aliphatic heterocycles. The van der Waals surface area contributed by atoms with Gasteiger partial charge in [0.25, 0.3) is 0 Å². The molecule has 3 rings (SSSR count). The van der Waals surface area contributed by atoms with E-state index in [2.05, 4.69) is 104 Å². The Bertz CT molecular complexity index is 2280. The highest BCUT2D eigenvalue weighted by atomic mass is 16.8. The second-order valence-corrected chi connectivity index (χ2v) is 31.0. The van der Waals surface area contributed by atoms with Gasteiger partial charge in [-0.2, -0.15) is 0 Å². The summed E-state index contributed by atoms with van der Waals surface area (Å²) >= 11 is 0. The summed E-state index contributed by atoms with van der Waals surface area (Å²) in [6.45, 7) is 1.73. The lowest BCUT2D eigenvalue weighted by Crippen LogP contribution is -2.66. The third-order valence-corrected chi connectivity index (χ3v) is 21.5. The van der Waals surface area contributed by atoms with Crippen molar-refractivity contribution < 1.29 is 89.4 Å². The third kappa shape index (κ3) is 47.0. The van der Waals surface area contributed by atoms with Crippen LogP contribution < -0.4 is 5.32 Å². The van der Waals surface area contributed by atoms with E-state index in [4.69, 9.17) is 28.4 Å². The molecule has 108 heavy (non-hydrogen) atoms. The molecule has 0 radical (unpaired) electrons. The number of allylic oxidation sites excluding steroid dienone is 14. The number of carbonyl (C=O) groups excluding carboxylic acids is 1. The van der Waals surface area contributed by atoms with Gasteiger partial charge in [-0.25, -0.2) is 0 Å². The van der Waals surface area contributed by atoms with E-state index in [1.807, 2.05) is 0 Å². The smallest absolute Gasteiger partial charge is 0.220 e. The number of aliphatic hydroxyl groups excluding tert-OH is 11. The maximum atomic E-state index is 13.5. The summed E-state index contributed by atoms with van der Waals surface area (Å²) in [6, 6.07) is -0.896. The van der Waals surface area contributed by atoms with Crippen molar-refractivity contribution in [3.63, 3.8) is 0 Å². The van der Waals surface area contributed by atoms with Gasteiger partial charge >= 0.3 is 0 Å². The Morgan fingerprint density at radius 1 is 0.343 bits per heavy atom. The zero-order valence-corrected chi connectivity index (χ0v) is 67.6. The van der Waals surface area contributed by atoms with Gasteiger partial charge in [0, 0.05) is 6.42 Å². The van der Waals surface area contributed by atoms with Gasteiger partial charge in [0.2, 0.25) is 5.91 Å². The van der Waals surface area contributed by atoms with Gasteiger partial charge in [0.1, 0.15) is 73.2 Å². The van der Waals surface area contributed by atoms with Crippen molar-refractivity contribution >= 4 is 5.91 Å². The topological polar surface area (TPSA) is 307 Å². The Kier molecular flexibility index (Phi) is 62.8. The molecule has 0 bridgehead atoms. The molecule has 17 atom stereocenters. The molecular formula is C89H159NO18. The summed E-state index contributed by atoms with van der Waals surface area (Å²) < 4.78 is 34.6. The largest absolute Gasteiger partial charge is 0.394 e. The summed E-state index contributed by atoms with van der Waals surface area (Å²) in [4.78, 5) is 13.5. The molecule has 0 aliphatic carbocycles. The van der Waals surface area contributed by atoms with Crippen molar-refractivity contribution in [2.24, 2.45) is 0 Å². The average Bonchev–Trinajstić information content (AvgIpc) is 0.779. The van der Waals surface area contributed by atoms with Crippen molar-refractivity contribution in [3.05, 3.63) is 85.1 Å². The minimum absolute atomic E-state index is 0.245. The van der Waals surface area contributed by atoms with E-state index in [-0.39, 0.29) is 18.9 Å². The van der Waals surface area contributed by atoms with E-state index < -0.39 is 124 Å². The average molecular weight is 1530 g/mol. The standard InChI is InChI=1S/C89H159NO18/c1-3-5-7-9-11-13-15-17-19-21-23-25-27-29-31-33-35-36-37-39-41-43-45-47-49-51-53-55-57-59-61-63-65-67-77(95)90-72(73(94)66-64-62-60-58-56-54-52-50-48-46-44-42-40-38-34-32-30-28-26-24-22-20-18-16-14-12-10-8-6-4-2)71-103-87-83(101)80(98)85(75(69-92)105-87)108-89-84(102)81(99)86(76(70-93)106-89)107-88-82(100)79(97)78(96)74(68-91)104-88/h5,7,11,13,17,19,23,25,29,31,35-36,39,41,72-76,78-89,91-94,96-102H,3-4,6,8-10,12,14-16,18,20-22,24,26-28,30,32-34,37-38,40,42-71H2,1-2H3,(H,90,95)/b7-5-,13-11-,19-17-,25-23-,31-29-,36-35-,41-39-. The molecule has 3 aliphatic rings. The SMILES string of the molecule is CC/C=C\C/C=C\C/C=C\C/C=C\C/C=C\C/C=C\C/C=C\CCCCCCCCCCCCCC(=O)NC(COC1OC(CO)C(OC2OC(CO)C(OC3OC(CO)C(O)C(O)C3O)C(O)C2O)C(O)C1O)C(O)CCCCCCCCCCCCCCCCCCCCCCCCCCCCCCCC. The number of amides is 1. The molecule has 1 amide bonds. The van der Waals surface area contributed by atoms with Crippen molar-refractivity contribution in [1.82, 2.24) is 5.32 Å². The van der Waals surface area contributed by atoms with Crippen molar-refractivity contribution in [1.29, 1.82) is 0 Å². The predicted molar refractivity (Wildman–Crippen MR) is 434 cm³/mol. The molecule has 12 N–H and O–H groups in total.